The van der Waals surface area contributed by atoms with Gasteiger partial charge in [-0.15, -0.1) is 5.10 Å². The maximum absolute atomic E-state index is 5.39. The van der Waals surface area contributed by atoms with Crippen molar-refractivity contribution in [2.45, 2.75) is 6.42 Å². The number of nitrogens with zero attached hydrogens (tertiary/aromatic N) is 2. The Labute approximate surface area is 68.2 Å². The SMILES string of the molecule is CSCCc1nnc(Cl)o1. The zero-order valence-electron chi connectivity index (χ0n) is 5.50. The lowest BCUT2D eigenvalue weighted by molar-refractivity contribution is 0.503. The summed E-state index contributed by atoms with van der Waals surface area (Å²) < 4.78 is 4.92. The molecular weight excluding hydrogens is 172 g/mol. The van der Waals surface area contributed by atoms with Crippen LogP contribution in [0.2, 0.25) is 5.35 Å². The van der Waals surface area contributed by atoms with Crippen LogP contribution in [0, 0.1) is 0 Å². The summed E-state index contributed by atoms with van der Waals surface area (Å²) in [6, 6.07) is 0. The van der Waals surface area contributed by atoms with Crippen molar-refractivity contribution in [2.24, 2.45) is 0 Å². The summed E-state index contributed by atoms with van der Waals surface area (Å²) in [7, 11) is 0. The first-order chi connectivity index (χ1) is 4.83. The van der Waals surface area contributed by atoms with Crippen molar-refractivity contribution in [1.82, 2.24) is 10.2 Å². The van der Waals surface area contributed by atoms with Gasteiger partial charge in [0.1, 0.15) is 0 Å². The number of hydrogen-bond donors (Lipinski definition) is 0. The summed E-state index contributed by atoms with van der Waals surface area (Å²) in [5.41, 5.74) is 0. The fraction of sp³-hybridized carbons (Fsp3) is 0.600. The van der Waals surface area contributed by atoms with Crippen LogP contribution < -0.4 is 0 Å². The van der Waals surface area contributed by atoms with Crippen LogP contribution >= 0.6 is 23.4 Å². The van der Waals surface area contributed by atoms with Crippen LogP contribution in [0.5, 0.6) is 0 Å². The van der Waals surface area contributed by atoms with Gasteiger partial charge in [-0.1, -0.05) is 5.10 Å². The molecular formula is C5H7ClN2OS. The lowest BCUT2D eigenvalue weighted by atomic mass is 10.5. The standard InChI is InChI=1S/C5H7ClN2OS/c1-10-3-2-4-7-8-5(6)9-4/h2-3H2,1H3. The Kier molecular flexibility index (Phi) is 3.02. The lowest BCUT2D eigenvalue weighted by Crippen LogP contribution is -1.86. The van der Waals surface area contributed by atoms with E-state index in [4.69, 9.17) is 16.0 Å². The molecule has 0 fully saturated rings. The normalized spacial score (nSPS) is 10.2. The molecule has 0 spiro atoms. The smallest absolute Gasteiger partial charge is 0.312 e. The molecule has 1 rings (SSSR count). The van der Waals surface area contributed by atoms with Crippen LogP contribution in [0.3, 0.4) is 0 Å². The Morgan fingerprint density at radius 2 is 2.40 bits per heavy atom. The molecule has 5 heteroatoms. The molecule has 3 nitrogen and oxygen atoms in total. The summed E-state index contributed by atoms with van der Waals surface area (Å²) >= 11 is 7.13. The monoisotopic (exact) mass is 178 g/mol. The number of rotatable bonds is 3. The Bertz CT molecular complexity index is 203. The van der Waals surface area contributed by atoms with Gasteiger partial charge in [-0.05, 0) is 17.9 Å². The third kappa shape index (κ3) is 2.19. The Hall–Kier alpha value is -0.220. The van der Waals surface area contributed by atoms with Crippen LogP contribution in [0.15, 0.2) is 4.42 Å². The second-order valence-corrected chi connectivity index (χ2v) is 3.00. The molecule has 0 amide bonds. The van der Waals surface area contributed by atoms with E-state index in [0.29, 0.717) is 5.89 Å². The molecule has 1 heterocycles. The molecule has 0 aliphatic carbocycles. The molecule has 0 saturated heterocycles. The zero-order chi connectivity index (χ0) is 7.40. The average Bonchev–Trinajstić information content (AvgIpc) is 2.31. The van der Waals surface area contributed by atoms with Gasteiger partial charge < -0.3 is 4.42 Å². The first-order valence-corrected chi connectivity index (χ1v) is 4.57. The van der Waals surface area contributed by atoms with Crippen LogP contribution in [0.4, 0.5) is 0 Å². The van der Waals surface area contributed by atoms with Gasteiger partial charge in [0.25, 0.3) is 0 Å². The van der Waals surface area contributed by atoms with E-state index >= 15 is 0 Å². The highest BCUT2D eigenvalue weighted by atomic mass is 35.5. The maximum atomic E-state index is 5.39. The second kappa shape index (κ2) is 3.83. The van der Waals surface area contributed by atoms with E-state index in [1.165, 1.54) is 0 Å². The predicted octanol–water partition coefficient (Wildman–Crippen LogP) is 1.63. The zero-order valence-corrected chi connectivity index (χ0v) is 7.08. The largest absolute Gasteiger partial charge is 0.412 e. The first-order valence-electron chi connectivity index (χ1n) is 2.79. The highest BCUT2D eigenvalue weighted by Gasteiger charge is 2.00. The van der Waals surface area contributed by atoms with E-state index in [0.717, 1.165) is 12.2 Å². The highest BCUT2D eigenvalue weighted by molar-refractivity contribution is 7.98. The molecule has 56 valence electrons. The Balaban J connectivity index is 2.42. The van der Waals surface area contributed by atoms with Crippen molar-refractivity contribution in [3.8, 4) is 0 Å². The van der Waals surface area contributed by atoms with Gasteiger partial charge in [-0.25, -0.2) is 0 Å². The van der Waals surface area contributed by atoms with Gasteiger partial charge in [0.15, 0.2) is 0 Å². The van der Waals surface area contributed by atoms with Crippen molar-refractivity contribution >= 4 is 23.4 Å². The third-order valence-corrected chi connectivity index (χ3v) is 1.73. The number of thioether (sulfide) groups is 1. The summed E-state index contributed by atoms with van der Waals surface area (Å²) in [4.78, 5) is 0. The number of hydrogen-bond acceptors (Lipinski definition) is 4. The van der Waals surface area contributed by atoms with Gasteiger partial charge in [0, 0.05) is 12.2 Å². The second-order valence-electron chi connectivity index (χ2n) is 1.69. The minimum absolute atomic E-state index is 0.121. The maximum Gasteiger partial charge on any atom is 0.312 e. The van der Waals surface area contributed by atoms with Crippen LogP contribution in [-0.4, -0.2) is 22.2 Å². The summed E-state index contributed by atoms with van der Waals surface area (Å²) in [5, 5.41) is 7.32. The van der Waals surface area contributed by atoms with E-state index in [1.807, 2.05) is 6.26 Å². The van der Waals surface area contributed by atoms with Crippen molar-refractivity contribution in [1.29, 1.82) is 0 Å². The van der Waals surface area contributed by atoms with Crippen LogP contribution in [0.25, 0.3) is 0 Å². The fourth-order valence-electron chi connectivity index (χ4n) is 0.524. The van der Waals surface area contributed by atoms with Crippen molar-refractivity contribution < 1.29 is 4.42 Å². The first kappa shape index (κ1) is 7.88. The van der Waals surface area contributed by atoms with E-state index in [9.17, 15) is 0 Å². The summed E-state index contributed by atoms with van der Waals surface area (Å²) in [6.07, 6.45) is 2.82. The van der Waals surface area contributed by atoms with Crippen LogP contribution in [-0.2, 0) is 6.42 Å². The third-order valence-electron chi connectivity index (χ3n) is 0.962. The molecule has 0 aliphatic rings. The number of halogens is 1. The molecule has 0 unspecified atom stereocenters. The number of aromatic nitrogens is 2. The van der Waals surface area contributed by atoms with Crippen molar-refractivity contribution in [2.75, 3.05) is 12.0 Å². The van der Waals surface area contributed by atoms with E-state index < -0.39 is 0 Å². The molecule has 0 atom stereocenters. The van der Waals surface area contributed by atoms with E-state index in [1.54, 1.807) is 11.8 Å². The minimum Gasteiger partial charge on any atom is -0.412 e. The molecule has 0 aromatic carbocycles. The number of aryl methyl sites for hydroxylation is 1. The predicted molar refractivity (Wildman–Crippen MR) is 41.4 cm³/mol. The molecule has 0 bridgehead atoms. The van der Waals surface area contributed by atoms with Gasteiger partial charge in [0.2, 0.25) is 5.89 Å². The summed E-state index contributed by atoms with van der Waals surface area (Å²) in [6.45, 7) is 0. The Morgan fingerprint density at radius 3 is 2.90 bits per heavy atom. The molecule has 10 heavy (non-hydrogen) atoms. The van der Waals surface area contributed by atoms with Crippen LogP contribution in [0.1, 0.15) is 5.89 Å². The van der Waals surface area contributed by atoms with Crippen molar-refractivity contribution in [3.05, 3.63) is 11.2 Å². The Morgan fingerprint density at radius 1 is 1.60 bits per heavy atom. The fourth-order valence-corrected chi connectivity index (χ4v) is 1.03. The van der Waals surface area contributed by atoms with E-state index in [2.05, 4.69) is 10.2 Å². The van der Waals surface area contributed by atoms with Crippen molar-refractivity contribution in [3.63, 3.8) is 0 Å². The molecule has 1 aromatic heterocycles. The van der Waals surface area contributed by atoms with Gasteiger partial charge >= 0.3 is 5.35 Å². The molecule has 1 aromatic rings. The quantitative estimate of drug-likeness (QED) is 0.706. The topological polar surface area (TPSA) is 38.9 Å². The minimum atomic E-state index is 0.121. The average molecular weight is 179 g/mol. The lowest BCUT2D eigenvalue weighted by Gasteiger charge is -1.87. The van der Waals surface area contributed by atoms with E-state index in [-0.39, 0.29) is 5.35 Å². The molecule has 0 N–H and O–H groups in total. The summed E-state index contributed by atoms with van der Waals surface area (Å²) in [5.74, 6) is 1.60. The molecule has 0 aliphatic heterocycles. The molecule has 0 radical (unpaired) electrons. The molecule has 0 saturated carbocycles. The van der Waals surface area contributed by atoms with Gasteiger partial charge in [0.05, 0.1) is 0 Å². The van der Waals surface area contributed by atoms with Gasteiger partial charge in [-0.2, -0.15) is 11.8 Å². The van der Waals surface area contributed by atoms with Gasteiger partial charge in [-0.3, -0.25) is 0 Å². The highest BCUT2D eigenvalue weighted by Crippen LogP contribution is 2.07.